The summed E-state index contributed by atoms with van der Waals surface area (Å²) in [5.74, 6) is -0.795. The van der Waals surface area contributed by atoms with Crippen LogP contribution in [0.3, 0.4) is 0 Å². The zero-order chi connectivity index (χ0) is 16.6. The number of phenols is 1. The van der Waals surface area contributed by atoms with Gasteiger partial charge in [-0.2, -0.15) is 0 Å². The zero-order valence-electron chi connectivity index (χ0n) is 12.7. The SMILES string of the molecule is Cc1ccc(O)c(NC(=O)c2cc(C)nc3cc(F)ccc23)c1. The van der Waals surface area contributed by atoms with Crippen molar-refractivity contribution in [1.29, 1.82) is 0 Å². The molecule has 4 nitrogen and oxygen atoms in total. The van der Waals surface area contributed by atoms with E-state index < -0.39 is 5.82 Å². The number of aryl methyl sites for hydroxylation is 2. The standard InChI is InChI=1S/C18H15FN2O2/c1-10-3-6-17(22)16(7-10)21-18(23)14-8-11(2)20-15-9-12(19)4-5-13(14)15/h3-9,22H,1-2H3,(H,21,23). The average Bonchev–Trinajstić information content (AvgIpc) is 2.49. The lowest BCUT2D eigenvalue weighted by molar-refractivity contribution is 0.102. The molecule has 0 radical (unpaired) electrons. The van der Waals surface area contributed by atoms with Crippen molar-refractivity contribution in [2.24, 2.45) is 0 Å². The minimum Gasteiger partial charge on any atom is -0.506 e. The van der Waals surface area contributed by atoms with Crippen LogP contribution in [0.5, 0.6) is 5.75 Å². The van der Waals surface area contributed by atoms with E-state index in [4.69, 9.17) is 0 Å². The molecule has 3 rings (SSSR count). The number of carbonyl (C=O) groups is 1. The number of aromatic nitrogens is 1. The number of halogens is 1. The number of rotatable bonds is 2. The number of amides is 1. The van der Waals surface area contributed by atoms with Gasteiger partial charge in [-0.15, -0.1) is 0 Å². The molecule has 1 aromatic heterocycles. The first-order chi connectivity index (χ1) is 10.9. The van der Waals surface area contributed by atoms with Crippen LogP contribution >= 0.6 is 0 Å². The molecule has 2 N–H and O–H groups in total. The molecule has 0 aliphatic heterocycles. The molecule has 0 spiro atoms. The number of fused-ring (bicyclic) bond motifs is 1. The lowest BCUT2D eigenvalue weighted by atomic mass is 10.1. The second kappa shape index (κ2) is 5.68. The van der Waals surface area contributed by atoms with Crippen molar-refractivity contribution >= 4 is 22.5 Å². The van der Waals surface area contributed by atoms with E-state index in [9.17, 15) is 14.3 Å². The Morgan fingerprint density at radius 1 is 1.13 bits per heavy atom. The van der Waals surface area contributed by atoms with Gasteiger partial charge >= 0.3 is 0 Å². The van der Waals surface area contributed by atoms with E-state index in [2.05, 4.69) is 10.3 Å². The normalized spacial score (nSPS) is 10.7. The Labute approximate surface area is 132 Å². The number of carbonyl (C=O) groups excluding carboxylic acids is 1. The predicted octanol–water partition coefficient (Wildman–Crippen LogP) is 3.95. The van der Waals surface area contributed by atoms with Crippen molar-refractivity contribution in [1.82, 2.24) is 4.98 Å². The number of hydrogen-bond donors (Lipinski definition) is 2. The summed E-state index contributed by atoms with van der Waals surface area (Å²) in [7, 11) is 0. The van der Waals surface area contributed by atoms with E-state index in [1.807, 2.05) is 6.92 Å². The molecule has 0 bridgehead atoms. The topological polar surface area (TPSA) is 62.2 Å². The van der Waals surface area contributed by atoms with Gasteiger partial charge in [0, 0.05) is 17.1 Å². The van der Waals surface area contributed by atoms with E-state index in [1.54, 1.807) is 25.1 Å². The molecule has 0 unspecified atom stereocenters. The van der Waals surface area contributed by atoms with Gasteiger partial charge in [0.15, 0.2) is 0 Å². The van der Waals surface area contributed by atoms with Crippen LogP contribution in [0.25, 0.3) is 10.9 Å². The molecule has 0 aliphatic carbocycles. The number of nitrogens with one attached hydrogen (secondary N) is 1. The monoisotopic (exact) mass is 310 g/mol. The molecule has 1 heterocycles. The number of anilines is 1. The van der Waals surface area contributed by atoms with E-state index in [0.29, 0.717) is 27.8 Å². The van der Waals surface area contributed by atoms with Crippen molar-refractivity contribution in [2.45, 2.75) is 13.8 Å². The molecular formula is C18H15FN2O2. The molecule has 3 aromatic rings. The molecule has 116 valence electrons. The molecule has 0 saturated carbocycles. The molecule has 5 heteroatoms. The summed E-state index contributed by atoms with van der Waals surface area (Å²) in [5.41, 5.74) is 2.66. The first-order valence-corrected chi connectivity index (χ1v) is 7.12. The smallest absolute Gasteiger partial charge is 0.256 e. The Bertz CT molecular complexity index is 917. The summed E-state index contributed by atoms with van der Waals surface area (Å²) in [6.45, 7) is 3.61. The number of pyridine rings is 1. The molecule has 23 heavy (non-hydrogen) atoms. The van der Waals surface area contributed by atoms with Crippen LogP contribution in [0.15, 0.2) is 42.5 Å². The summed E-state index contributed by atoms with van der Waals surface area (Å²) in [4.78, 5) is 16.8. The van der Waals surface area contributed by atoms with Crippen LogP contribution in [0.1, 0.15) is 21.6 Å². The van der Waals surface area contributed by atoms with Crippen molar-refractivity contribution in [3.05, 3.63) is 65.1 Å². The van der Waals surface area contributed by atoms with Gasteiger partial charge in [-0.1, -0.05) is 6.07 Å². The summed E-state index contributed by atoms with van der Waals surface area (Å²) < 4.78 is 13.4. The lowest BCUT2D eigenvalue weighted by Gasteiger charge is -2.11. The maximum Gasteiger partial charge on any atom is 0.256 e. The largest absolute Gasteiger partial charge is 0.506 e. The molecule has 2 aromatic carbocycles. The van der Waals surface area contributed by atoms with Gasteiger partial charge in [0.25, 0.3) is 5.91 Å². The zero-order valence-corrected chi connectivity index (χ0v) is 12.7. The van der Waals surface area contributed by atoms with Gasteiger partial charge in [-0.25, -0.2) is 4.39 Å². The lowest BCUT2D eigenvalue weighted by Crippen LogP contribution is -2.13. The maximum atomic E-state index is 13.4. The Balaban J connectivity index is 2.05. The molecular weight excluding hydrogens is 295 g/mol. The van der Waals surface area contributed by atoms with Gasteiger partial charge in [0.05, 0.1) is 16.8 Å². The molecule has 0 saturated heterocycles. The third-order valence-corrected chi connectivity index (χ3v) is 3.54. The fourth-order valence-electron chi connectivity index (χ4n) is 2.46. The Morgan fingerprint density at radius 2 is 1.91 bits per heavy atom. The molecule has 0 fully saturated rings. The first kappa shape index (κ1) is 15.0. The number of aromatic hydroxyl groups is 1. The van der Waals surface area contributed by atoms with Crippen molar-refractivity contribution in [2.75, 3.05) is 5.32 Å². The number of nitrogens with zero attached hydrogens (tertiary/aromatic N) is 1. The Hall–Kier alpha value is -2.95. The van der Waals surface area contributed by atoms with Gasteiger partial charge in [0.1, 0.15) is 11.6 Å². The van der Waals surface area contributed by atoms with E-state index in [1.165, 1.54) is 24.3 Å². The Kier molecular flexibility index (Phi) is 3.70. The van der Waals surface area contributed by atoms with E-state index in [-0.39, 0.29) is 11.7 Å². The van der Waals surface area contributed by atoms with Crippen LogP contribution in [0, 0.1) is 19.7 Å². The fraction of sp³-hybridized carbons (Fsp3) is 0.111. The first-order valence-electron chi connectivity index (χ1n) is 7.12. The van der Waals surface area contributed by atoms with Crippen LogP contribution in [0.2, 0.25) is 0 Å². The molecule has 0 aliphatic rings. The van der Waals surface area contributed by atoms with E-state index in [0.717, 1.165) is 5.56 Å². The summed E-state index contributed by atoms with van der Waals surface area (Å²) in [5, 5.41) is 13.1. The van der Waals surface area contributed by atoms with Crippen molar-refractivity contribution < 1.29 is 14.3 Å². The number of phenolic OH excluding ortho intramolecular Hbond substituents is 1. The second-order valence-electron chi connectivity index (χ2n) is 5.45. The third-order valence-electron chi connectivity index (χ3n) is 3.54. The second-order valence-corrected chi connectivity index (χ2v) is 5.45. The van der Waals surface area contributed by atoms with Crippen molar-refractivity contribution in [3.8, 4) is 5.75 Å². The Morgan fingerprint density at radius 3 is 2.70 bits per heavy atom. The highest BCUT2D eigenvalue weighted by Crippen LogP contribution is 2.26. The predicted molar refractivity (Wildman–Crippen MR) is 87.2 cm³/mol. The summed E-state index contributed by atoms with van der Waals surface area (Å²) in [6.07, 6.45) is 0. The van der Waals surface area contributed by atoms with Gasteiger partial charge in [0.2, 0.25) is 0 Å². The van der Waals surface area contributed by atoms with Crippen LogP contribution in [-0.4, -0.2) is 16.0 Å². The quantitative estimate of drug-likeness (QED) is 0.705. The van der Waals surface area contributed by atoms with E-state index >= 15 is 0 Å². The van der Waals surface area contributed by atoms with Crippen LogP contribution in [0.4, 0.5) is 10.1 Å². The number of benzene rings is 2. The fourth-order valence-corrected chi connectivity index (χ4v) is 2.46. The highest BCUT2D eigenvalue weighted by molar-refractivity contribution is 6.12. The molecule has 0 atom stereocenters. The number of hydrogen-bond acceptors (Lipinski definition) is 3. The maximum absolute atomic E-state index is 13.4. The van der Waals surface area contributed by atoms with Gasteiger partial charge < -0.3 is 10.4 Å². The summed E-state index contributed by atoms with van der Waals surface area (Å²) >= 11 is 0. The minimum atomic E-state index is -0.404. The third kappa shape index (κ3) is 2.99. The van der Waals surface area contributed by atoms with Crippen LogP contribution in [-0.2, 0) is 0 Å². The highest BCUT2D eigenvalue weighted by atomic mass is 19.1. The summed E-state index contributed by atoms with van der Waals surface area (Å²) in [6, 6.07) is 10.7. The highest BCUT2D eigenvalue weighted by Gasteiger charge is 2.14. The van der Waals surface area contributed by atoms with Gasteiger partial charge in [-0.3, -0.25) is 9.78 Å². The van der Waals surface area contributed by atoms with Gasteiger partial charge in [-0.05, 0) is 49.7 Å². The molecule has 1 amide bonds. The minimum absolute atomic E-state index is 0.00919. The van der Waals surface area contributed by atoms with Crippen molar-refractivity contribution in [3.63, 3.8) is 0 Å². The average molecular weight is 310 g/mol. The van der Waals surface area contributed by atoms with Crippen LogP contribution < -0.4 is 5.32 Å².